The van der Waals surface area contributed by atoms with Gasteiger partial charge in [-0.15, -0.1) is 11.3 Å². The van der Waals surface area contributed by atoms with Crippen LogP contribution in [0.5, 0.6) is 0 Å². The zero-order chi connectivity index (χ0) is 23.4. The Morgan fingerprint density at radius 1 is 1.17 bits per heavy atom. The molecule has 0 bridgehead atoms. The summed E-state index contributed by atoms with van der Waals surface area (Å²) < 4.78 is 20.9. The fourth-order valence-electron chi connectivity index (χ4n) is 5.84. The van der Waals surface area contributed by atoms with Gasteiger partial charge in [0.05, 0.1) is 28.6 Å². The van der Waals surface area contributed by atoms with Crippen molar-refractivity contribution in [3.05, 3.63) is 45.4 Å². The van der Waals surface area contributed by atoms with Crippen LogP contribution in [-0.4, -0.2) is 60.5 Å². The van der Waals surface area contributed by atoms with Crippen LogP contribution in [0.25, 0.3) is 22.5 Å². The average Bonchev–Trinajstić information content (AvgIpc) is 3.23. The molecule has 2 aliphatic heterocycles. The van der Waals surface area contributed by atoms with Crippen molar-refractivity contribution in [3.8, 4) is 34.4 Å². The van der Waals surface area contributed by atoms with Crippen LogP contribution in [-0.2, 0) is 11.2 Å². The second kappa shape index (κ2) is 8.77. The highest BCUT2D eigenvalue weighted by molar-refractivity contribution is 7.11. The molecule has 3 aromatic rings. The average molecular weight is 489 g/mol. The molecule has 2 saturated heterocycles. The van der Waals surface area contributed by atoms with E-state index < -0.39 is 0 Å². The summed E-state index contributed by atoms with van der Waals surface area (Å²) in [5.74, 6) is 6.98. The van der Waals surface area contributed by atoms with Crippen LogP contribution in [0.4, 0.5) is 10.1 Å². The van der Waals surface area contributed by atoms with Crippen molar-refractivity contribution in [1.82, 2.24) is 15.1 Å². The molecule has 0 spiro atoms. The third kappa shape index (κ3) is 4.08. The zero-order valence-electron chi connectivity index (χ0n) is 19.8. The molecule has 1 N–H and O–H groups in total. The number of anilines is 1. The van der Waals surface area contributed by atoms with Gasteiger partial charge >= 0.3 is 0 Å². The molecular formula is C28H29FN4OS. The number of hydrogen-bond donors (Lipinski definition) is 1. The van der Waals surface area contributed by atoms with E-state index in [-0.39, 0.29) is 5.82 Å². The van der Waals surface area contributed by atoms with E-state index in [4.69, 9.17) is 4.74 Å². The van der Waals surface area contributed by atoms with E-state index in [0.29, 0.717) is 12.6 Å². The van der Waals surface area contributed by atoms with Gasteiger partial charge in [0.25, 0.3) is 0 Å². The number of benzene rings is 1. The molecule has 1 unspecified atom stereocenters. The smallest absolute Gasteiger partial charge is 0.147 e. The molecule has 0 amide bonds. The maximum absolute atomic E-state index is 15.3. The van der Waals surface area contributed by atoms with Crippen LogP contribution in [0, 0.1) is 23.6 Å². The Kier molecular flexibility index (Phi) is 5.42. The minimum Gasteiger partial charge on any atom is -0.368 e. The Morgan fingerprint density at radius 2 is 2.11 bits per heavy atom. The summed E-state index contributed by atoms with van der Waals surface area (Å²) in [5.41, 5.74) is 7.02. The first-order chi connectivity index (χ1) is 17.2. The van der Waals surface area contributed by atoms with Crippen LogP contribution >= 0.6 is 11.3 Å². The maximum atomic E-state index is 15.3. The molecule has 180 valence electrons. The molecule has 35 heavy (non-hydrogen) atoms. The standard InChI is InChI=1S/C28H29FN4OS/c29-25-14-23-19(13-26(25)33-9-8-32-7-1-3-21(32)15-33)12-24-27(30-31-28(23)24)20-11-22(35-17-20)4-2-10-34-16-18-5-6-18/h11,13-14,17-18,21H,1,3,5-10,12,15-16H2,(H,30,31). The predicted octanol–water partition coefficient (Wildman–Crippen LogP) is 4.91. The Bertz CT molecular complexity index is 1330. The third-order valence-corrected chi connectivity index (χ3v) is 8.76. The van der Waals surface area contributed by atoms with Crippen LogP contribution in [0.1, 0.15) is 41.7 Å². The van der Waals surface area contributed by atoms with Gasteiger partial charge in [-0.05, 0) is 61.9 Å². The van der Waals surface area contributed by atoms with Crippen LogP contribution in [0.3, 0.4) is 0 Å². The summed E-state index contributed by atoms with van der Waals surface area (Å²) in [6.07, 6.45) is 5.86. The van der Waals surface area contributed by atoms with E-state index in [2.05, 4.69) is 49.4 Å². The number of aromatic amines is 1. The largest absolute Gasteiger partial charge is 0.368 e. The van der Waals surface area contributed by atoms with Gasteiger partial charge in [-0.25, -0.2) is 4.39 Å². The molecule has 0 radical (unpaired) electrons. The summed E-state index contributed by atoms with van der Waals surface area (Å²) in [4.78, 5) is 5.83. The number of halogens is 1. The van der Waals surface area contributed by atoms with E-state index in [9.17, 15) is 0 Å². The highest BCUT2D eigenvalue weighted by Crippen LogP contribution is 2.43. The fourth-order valence-corrected chi connectivity index (χ4v) is 6.60. The molecule has 5 nitrogen and oxygen atoms in total. The highest BCUT2D eigenvalue weighted by atomic mass is 32.1. The lowest BCUT2D eigenvalue weighted by molar-refractivity contribution is 0.156. The molecule has 4 aliphatic rings. The zero-order valence-corrected chi connectivity index (χ0v) is 20.6. The van der Waals surface area contributed by atoms with Gasteiger partial charge in [0.15, 0.2) is 0 Å². The molecule has 2 aromatic heterocycles. The monoisotopic (exact) mass is 488 g/mol. The first-order valence-electron chi connectivity index (χ1n) is 12.8. The van der Waals surface area contributed by atoms with Gasteiger partial charge in [-0.2, -0.15) is 5.10 Å². The number of ether oxygens (including phenoxy) is 1. The molecule has 4 heterocycles. The normalized spacial score (nSPS) is 20.9. The van der Waals surface area contributed by atoms with Crippen molar-refractivity contribution < 1.29 is 9.13 Å². The molecule has 3 fully saturated rings. The Balaban J connectivity index is 1.09. The first kappa shape index (κ1) is 21.6. The van der Waals surface area contributed by atoms with Crippen molar-refractivity contribution in [3.63, 3.8) is 0 Å². The Hall–Kier alpha value is -2.66. The van der Waals surface area contributed by atoms with Gasteiger partial charge in [0.2, 0.25) is 0 Å². The maximum Gasteiger partial charge on any atom is 0.147 e. The number of hydrogen-bond acceptors (Lipinski definition) is 5. The molecule has 7 heteroatoms. The van der Waals surface area contributed by atoms with E-state index in [1.807, 2.05) is 0 Å². The molecule has 1 saturated carbocycles. The van der Waals surface area contributed by atoms with Gasteiger partial charge in [-0.1, -0.05) is 11.8 Å². The number of nitrogens with one attached hydrogen (secondary N) is 1. The van der Waals surface area contributed by atoms with E-state index in [1.165, 1.54) is 37.8 Å². The lowest BCUT2D eigenvalue weighted by Crippen LogP contribution is -2.50. The minimum atomic E-state index is -0.129. The van der Waals surface area contributed by atoms with Gasteiger partial charge in [-0.3, -0.25) is 10.00 Å². The number of thiophene rings is 1. The second-order valence-electron chi connectivity index (χ2n) is 10.3. The molecule has 2 aliphatic carbocycles. The van der Waals surface area contributed by atoms with Crippen molar-refractivity contribution in [1.29, 1.82) is 0 Å². The summed E-state index contributed by atoms with van der Waals surface area (Å²) in [5, 5.41) is 9.91. The van der Waals surface area contributed by atoms with Crippen molar-refractivity contribution >= 4 is 17.0 Å². The molecule has 1 aromatic carbocycles. The second-order valence-corrected chi connectivity index (χ2v) is 11.2. The summed E-state index contributed by atoms with van der Waals surface area (Å²) in [6, 6.07) is 6.47. The van der Waals surface area contributed by atoms with Crippen molar-refractivity contribution in [2.45, 2.75) is 38.1 Å². The Morgan fingerprint density at radius 3 is 3.03 bits per heavy atom. The van der Waals surface area contributed by atoms with Crippen LogP contribution in [0.15, 0.2) is 23.6 Å². The topological polar surface area (TPSA) is 44.4 Å². The number of piperazine rings is 1. The molecule has 7 rings (SSSR count). The highest BCUT2D eigenvalue weighted by Gasteiger charge is 2.33. The van der Waals surface area contributed by atoms with Gasteiger partial charge in [0, 0.05) is 54.2 Å². The third-order valence-electron chi connectivity index (χ3n) is 7.91. The predicted molar refractivity (Wildman–Crippen MR) is 137 cm³/mol. The lowest BCUT2D eigenvalue weighted by atomic mass is 10.1. The van der Waals surface area contributed by atoms with Crippen molar-refractivity contribution in [2.75, 3.05) is 44.3 Å². The first-order valence-corrected chi connectivity index (χ1v) is 13.7. The summed E-state index contributed by atoms with van der Waals surface area (Å²) in [7, 11) is 0. The number of H-pyrrole nitrogens is 1. The number of rotatable bonds is 5. The number of fused-ring (bicyclic) bond motifs is 4. The molecule has 1 atom stereocenters. The number of nitrogens with zero attached hydrogens (tertiary/aromatic N) is 3. The van der Waals surface area contributed by atoms with Gasteiger partial charge in [0.1, 0.15) is 12.4 Å². The minimum absolute atomic E-state index is 0.129. The summed E-state index contributed by atoms with van der Waals surface area (Å²) >= 11 is 1.63. The quantitative estimate of drug-likeness (QED) is 0.320. The number of aromatic nitrogens is 2. The van der Waals surface area contributed by atoms with Crippen molar-refractivity contribution in [2.24, 2.45) is 5.92 Å². The van der Waals surface area contributed by atoms with Crippen LogP contribution < -0.4 is 4.90 Å². The van der Waals surface area contributed by atoms with E-state index in [1.54, 1.807) is 17.4 Å². The van der Waals surface area contributed by atoms with E-state index >= 15 is 4.39 Å². The summed E-state index contributed by atoms with van der Waals surface area (Å²) in [6.45, 7) is 5.38. The van der Waals surface area contributed by atoms with E-state index in [0.717, 1.165) is 77.2 Å². The SMILES string of the molecule is Fc1cc2c(cc1N1CCN3CCCC3C1)Cc1c(-c3csc(C#CCOCC4CC4)c3)n[nH]c1-2. The lowest BCUT2D eigenvalue weighted by Gasteiger charge is -2.39. The molecular weight excluding hydrogens is 459 g/mol. The van der Waals surface area contributed by atoms with Gasteiger partial charge < -0.3 is 9.64 Å². The van der Waals surface area contributed by atoms with Crippen LogP contribution in [0.2, 0.25) is 0 Å². The Labute approximate surface area is 209 Å². The fraction of sp³-hybridized carbons (Fsp3) is 0.464.